The molecule has 0 saturated heterocycles. The Labute approximate surface area is 217 Å². The Morgan fingerprint density at radius 2 is 1.72 bits per heavy atom. The van der Waals surface area contributed by atoms with Gasteiger partial charge in [-0.25, -0.2) is 0 Å². The van der Waals surface area contributed by atoms with Crippen LogP contribution in [0.25, 0.3) is 0 Å². The number of carboxylic acid groups (broad SMARTS) is 1. The van der Waals surface area contributed by atoms with E-state index in [4.69, 9.17) is 4.74 Å². The highest BCUT2D eigenvalue weighted by Gasteiger charge is 2.68. The molecular weight excluding hydrogens is 452 g/mol. The summed E-state index contributed by atoms with van der Waals surface area (Å²) < 4.78 is 5.22. The lowest BCUT2D eigenvalue weighted by Crippen LogP contribution is -2.63. The number of hydrogen-bond acceptors (Lipinski definition) is 4. The van der Waals surface area contributed by atoms with Gasteiger partial charge in [0.2, 0.25) is 0 Å². The second-order valence-corrected chi connectivity index (χ2v) is 14.0. The molecule has 8 atom stereocenters. The van der Waals surface area contributed by atoms with Crippen molar-refractivity contribution in [2.75, 3.05) is 7.11 Å². The smallest absolute Gasteiger partial charge is 0.311 e. The van der Waals surface area contributed by atoms with Crippen LogP contribution >= 0.6 is 0 Å². The van der Waals surface area contributed by atoms with Gasteiger partial charge in [0.1, 0.15) is 0 Å². The van der Waals surface area contributed by atoms with Crippen LogP contribution in [0.1, 0.15) is 99.3 Å². The summed E-state index contributed by atoms with van der Waals surface area (Å²) in [5.74, 6) is -0.755. The lowest BCUT2D eigenvalue weighted by molar-refractivity contribution is -0.168. The maximum absolute atomic E-state index is 14.2. The Bertz CT molecular complexity index is 1030. The van der Waals surface area contributed by atoms with Gasteiger partial charge in [0.05, 0.1) is 12.5 Å². The molecule has 0 bridgehead atoms. The molecule has 3 saturated carbocycles. The molecule has 3 fully saturated rings. The summed E-state index contributed by atoms with van der Waals surface area (Å²) in [6.45, 7) is 17.5. The number of carboxylic acids is 1. The third-order valence-electron chi connectivity index (χ3n) is 12.0. The zero-order chi connectivity index (χ0) is 26.9. The first-order valence-electron chi connectivity index (χ1n) is 13.8. The van der Waals surface area contributed by atoms with Gasteiger partial charge in [-0.15, -0.1) is 0 Å². The molecule has 0 aromatic rings. The van der Waals surface area contributed by atoms with E-state index in [1.807, 2.05) is 19.9 Å². The van der Waals surface area contributed by atoms with Crippen molar-refractivity contribution in [3.8, 4) is 0 Å². The minimum atomic E-state index is -0.813. The molecule has 5 nitrogen and oxygen atoms in total. The van der Waals surface area contributed by atoms with Crippen molar-refractivity contribution in [3.63, 3.8) is 0 Å². The van der Waals surface area contributed by atoms with E-state index in [1.165, 1.54) is 12.7 Å². The van der Waals surface area contributed by atoms with Crippen molar-refractivity contribution in [2.24, 2.45) is 44.8 Å². The second kappa shape index (κ2) is 8.56. The first kappa shape index (κ1) is 27.1. The van der Waals surface area contributed by atoms with E-state index < -0.39 is 16.8 Å². The highest BCUT2D eigenvalue weighted by molar-refractivity contribution is 5.95. The summed E-state index contributed by atoms with van der Waals surface area (Å²) in [5.41, 5.74) is 0.936. The van der Waals surface area contributed by atoms with Gasteiger partial charge >= 0.3 is 11.9 Å². The van der Waals surface area contributed by atoms with Gasteiger partial charge < -0.3 is 9.84 Å². The molecule has 0 aromatic carbocycles. The van der Waals surface area contributed by atoms with E-state index in [-0.39, 0.29) is 52.2 Å². The Kier molecular flexibility index (Phi) is 6.45. The van der Waals surface area contributed by atoms with E-state index in [9.17, 15) is 19.5 Å². The Morgan fingerprint density at radius 1 is 1.08 bits per heavy atom. The van der Waals surface area contributed by atoms with Crippen LogP contribution < -0.4 is 0 Å². The Morgan fingerprint density at radius 3 is 2.31 bits per heavy atom. The first-order valence-corrected chi connectivity index (χ1v) is 13.8. The van der Waals surface area contributed by atoms with Crippen LogP contribution in [-0.4, -0.2) is 29.9 Å². The fourth-order valence-corrected chi connectivity index (χ4v) is 9.51. The topological polar surface area (TPSA) is 80.7 Å². The zero-order valence-corrected chi connectivity index (χ0v) is 23.5. The number of rotatable bonds is 5. The quantitative estimate of drug-likeness (QED) is 0.334. The molecule has 200 valence electrons. The third-order valence-corrected chi connectivity index (χ3v) is 12.0. The van der Waals surface area contributed by atoms with Crippen LogP contribution in [-0.2, 0) is 19.1 Å². The number of ether oxygens (including phenoxy) is 1. The Balaban J connectivity index is 1.84. The summed E-state index contributed by atoms with van der Waals surface area (Å²) in [4.78, 5) is 38.7. The van der Waals surface area contributed by atoms with E-state index in [0.29, 0.717) is 6.42 Å². The maximum Gasteiger partial charge on any atom is 0.311 e. The van der Waals surface area contributed by atoms with Crippen LogP contribution in [0.2, 0.25) is 0 Å². The van der Waals surface area contributed by atoms with Crippen molar-refractivity contribution in [1.29, 1.82) is 0 Å². The number of aliphatic carboxylic acids is 1. The summed E-state index contributed by atoms with van der Waals surface area (Å²) in [7, 11) is 1.47. The molecule has 36 heavy (non-hydrogen) atoms. The monoisotopic (exact) mass is 498 g/mol. The fraction of sp³-hybridized carbons (Fsp3) is 0.774. The predicted molar refractivity (Wildman–Crippen MR) is 140 cm³/mol. The van der Waals surface area contributed by atoms with Crippen LogP contribution in [0.4, 0.5) is 0 Å². The van der Waals surface area contributed by atoms with E-state index in [1.54, 1.807) is 0 Å². The first-order chi connectivity index (χ1) is 16.6. The van der Waals surface area contributed by atoms with Gasteiger partial charge in [-0.05, 0) is 105 Å². The minimum Gasteiger partial charge on any atom is -0.481 e. The van der Waals surface area contributed by atoms with E-state index in [2.05, 4.69) is 34.3 Å². The fourth-order valence-electron chi connectivity index (χ4n) is 9.51. The molecule has 0 amide bonds. The molecule has 0 heterocycles. The highest BCUT2D eigenvalue weighted by atomic mass is 16.5. The van der Waals surface area contributed by atoms with E-state index in [0.717, 1.165) is 50.5 Å². The number of ketones is 1. The largest absolute Gasteiger partial charge is 0.481 e. The van der Waals surface area contributed by atoms with Crippen molar-refractivity contribution in [1.82, 2.24) is 0 Å². The number of hydrogen-bond donors (Lipinski definition) is 1. The van der Waals surface area contributed by atoms with Gasteiger partial charge in [-0.2, -0.15) is 0 Å². The van der Waals surface area contributed by atoms with Crippen molar-refractivity contribution in [2.45, 2.75) is 99.3 Å². The molecule has 4 aliphatic rings. The lowest BCUT2D eigenvalue weighted by Gasteiger charge is -2.68. The van der Waals surface area contributed by atoms with Gasteiger partial charge in [0, 0.05) is 12.3 Å². The maximum atomic E-state index is 14.2. The summed E-state index contributed by atoms with van der Waals surface area (Å²) in [6.07, 6.45) is 8.94. The molecule has 4 rings (SSSR count). The van der Waals surface area contributed by atoms with Crippen molar-refractivity contribution >= 4 is 17.7 Å². The molecule has 0 spiro atoms. The molecular formula is C31H46O5. The van der Waals surface area contributed by atoms with Crippen LogP contribution in [0.5, 0.6) is 0 Å². The van der Waals surface area contributed by atoms with E-state index >= 15 is 0 Å². The van der Waals surface area contributed by atoms with Crippen LogP contribution in [0.3, 0.4) is 0 Å². The minimum absolute atomic E-state index is 0.0611. The SMILES string of the molecule is C=C(C)[C@@H]1CC[C@]2(C)[C@H](C(=O)C=C3[C@@H]4C[C@@](C)(C(=O)OC)CC[C@]4(C)CC[C@]32C)[C@@]1(C)CCC(=O)O. The second-order valence-electron chi connectivity index (χ2n) is 14.0. The Hall–Kier alpha value is -1.91. The van der Waals surface area contributed by atoms with Crippen LogP contribution in [0.15, 0.2) is 23.8 Å². The number of methoxy groups -OCH3 is 1. The standard InChI is InChI=1S/C31H46O5/c1-19(2)20-9-12-31(7)25(29(20,5)11-10-24(33)34)23(32)17-21-22-18-28(4,26(35)36-8)14-13-27(22,3)15-16-30(21,31)6/h17,20,22,25H,1,9-16,18H2,2-8H3,(H,33,34)/t20-,22-,25+,27+,28-,29-,30+,31+/m0/s1. The lowest BCUT2D eigenvalue weighted by atomic mass is 9.35. The molecule has 5 heteroatoms. The third kappa shape index (κ3) is 3.66. The van der Waals surface area contributed by atoms with Crippen molar-refractivity contribution in [3.05, 3.63) is 23.8 Å². The summed E-state index contributed by atoms with van der Waals surface area (Å²) in [6, 6.07) is 0. The molecule has 0 aromatic heterocycles. The van der Waals surface area contributed by atoms with Gasteiger partial charge in [-0.1, -0.05) is 45.4 Å². The predicted octanol–water partition coefficient (Wildman–Crippen LogP) is 6.76. The van der Waals surface area contributed by atoms with Gasteiger partial charge in [-0.3, -0.25) is 14.4 Å². The van der Waals surface area contributed by atoms with Crippen LogP contribution in [0, 0.1) is 44.8 Å². The number of carbonyl (C=O) groups excluding carboxylic acids is 2. The number of esters is 1. The molecule has 1 N–H and O–H groups in total. The normalized spacial score (nSPS) is 46.0. The zero-order valence-electron chi connectivity index (χ0n) is 23.5. The average Bonchev–Trinajstić information content (AvgIpc) is 2.79. The number of allylic oxidation sites excluding steroid dienone is 3. The molecule has 0 unspecified atom stereocenters. The van der Waals surface area contributed by atoms with Crippen molar-refractivity contribution < 1.29 is 24.2 Å². The number of fused-ring (bicyclic) bond motifs is 5. The van der Waals surface area contributed by atoms with Gasteiger partial charge in [0.15, 0.2) is 5.78 Å². The molecule has 4 aliphatic carbocycles. The van der Waals surface area contributed by atoms with Gasteiger partial charge in [0.25, 0.3) is 0 Å². The number of carbonyl (C=O) groups is 3. The molecule has 0 radical (unpaired) electrons. The average molecular weight is 499 g/mol. The summed E-state index contributed by atoms with van der Waals surface area (Å²) >= 11 is 0. The molecule has 0 aliphatic heterocycles. The summed E-state index contributed by atoms with van der Waals surface area (Å²) in [5, 5.41) is 9.56. The highest BCUT2D eigenvalue weighted by Crippen LogP contribution is 2.73.